The molecule has 0 bridgehead atoms. The zero-order chi connectivity index (χ0) is 21.4. The third-order valence-electron chi connectivity index (χ3n) is 5.30. The maximum absolute atomic E-state index is 14.3. The highest BCUT2D eigenvalue weighted by Gasteiger charge is 2.57. The molecule has 0 fully saturated rings. The first kappa shape index (κ1) is 21.2. The van der Waals surface area contributed by atoms with E-state index in [-0.39, 0.29) is 5.56 Å². The monoisotopic (exact) mass is 464 g/mol. The topological polar surface area (TPSA) is 43.4 Å². The highest BCUT2D eigenvalue weighted by molar-refractivity contribution is 9.10. The van der Waals surface area contributed by atoms with Gasteiger partial charge in [-0.1, -0.05) is 70.5 Å². The van der Waals surface area contributed by atoms with Crippen molar-refractivity contribution in [2.75, 3.05) is 0 Å². The van der Waals surface area contributed by atoms with Crippen LogP contribution >= 0.6 is 15.9 Å². The predicted molar refractivity (Wildman–Crippen MR) is 107 cm³/mol. The summed E-state index contributed by atoms with van der Waals surface area (Å²) in [5, 5.41) is 13.6. The van der Waals surface area contributed by atoms with Crippen LogP contribution in [0.3, 0.4) is 0 Å². The van der Waals surface area contributed by atoms with Gasteiger partial charge in [0.15, 0.2) is 5.54 Å². The van der Waals surface area contributed by atoms with Gasteiger partial charge in [0.05, 0.1) is 6.04 Å². The third kappa shape index (κ3) is 3.71. The largest absolute Gasteiger partial charge is 0.530 e. The minimum atomic E-state index is -4.88. The number of rotatable bonds is 4. The number of nitrogens with zero attached hydrogens (tertiary/aromatic N) is 1. The number of amides is 1. The number of hydrogen-bond donors (Lipinski definition) is 0. The van der Waals surface area contributed by atoms with Crippen molar-refractivity contribution < 1.29 is 23.1 Å². The van der Waals surface area contributed by atoms with E-state index >= 15 is 0 Å². The van der Waals surface area contributed by atoms with Crippen LogP contribution in [0.1, 0.15) is 31.0 Å². The lowest BCUT2D eigenvalue weighted by Crippen LogP contribution is -2.60. The Labute approximate surface area is 174 Å². The number of carbonyl (C=O) groups is 1. The van der Waals surface area contributed by atoms with Crippen molar-refractivity contribution in [2.24, 2.45) is 0 Å². The van der Waals surface area contributed by atoms with Crippen molar-refractivity contribution in [2.45, 2.75) is 31.6 Å². The first-order valence-corrected chi connectivity index (χ1v) is 9.67. The van der Waals surface area contributed by atoms with E-state index in [4.69, 9.17) is 0 Å². The van der Waals surface area contributed by atoms with E-state index in [1.54, 1.807) is 24.3 Å². The molecule has 0 spiro atoms. The van der Waals surface area contributed by atoms with Crippen LogP contribution in [0.5, 0.6) is 0 Å². The maximum Gasteiger partial charge on any atom is 0.415 e. The van der Waals surface area contributed by atoms with Gasteiger partial charge < -0.3 is 14.8 Å². The normalized spacial score (nSPS) is 15.0. The zero-order valence-electron chi connectivity index (χ0n) is 15.7. The molecule has 0 saturated carbocycles. The fourth-order valence-electron chi connectivity index (χ4n) is 3.70. The summed E-state index contributed by atoms with van der Waals surface area (Å²) in [7, 11) is 0. The molecule has 1 amide bonds. The van der Waals surface area contributed by atoms with Crippen molar-refractivity contribution in [1.29, 1.82) is 0 Å². The number of benzene rings is 3. The standard InChI is InChI=1S/C22H19BrF3NO2/c1-14(18-9-5-7-15-6-3-4-8-19(15)18)27(20(28)29)21(2,22(24,25)26)16-10-12-17(23)13-11-16/h3-14H,1-2H3,(H,28,29)/p-1/t14-,21+/m0/s1. The van der Waals surface area contributed by atoms with Crippen molar-refractivity contribution in [3.05, 3.63) is 82.3 Å². The Hall–Kier alpha value is -2.54. The van der Waals surface area contributed by atoms with E-state index in [0.717, 1.165) is 12.3 Å². The van der Waals surface area contributed by atoms with Crippen LogP contribution in [-0.4, -0.2) is 17.2 Å². The molecule has 3 aromatic rings. The summed E-state index contributed by atoms with van der Waals surface area (Å²) in [6.07, 6.45) is -6.77. The van der Waals surface area contributed by atoms with Crippen molar-refractivity contribution in [1.82, 2.24) is 4.90 Å². The molecule has 0 radical (unpaired) electrons. The Morgan fingerprint density at radius 3 is 2.17 bits per heavy atom. The predicted octanol–water partition coefficient (Wildman–Crippen LogP) is 5.79. The van der Waals surface area contributed by atoms with Gasteiger partial charge in [0.25, 0.3) is 0 Å². The van der Waals surface area contributed by atoms with E-state index in [2.05, 4.69) is 15.9 Å². The number of carbonyl (C=O) groups excluding carboxylic acids is 1. The molecule has 0 unspecified atom stereocenters. The van der Waals surface area contributed by atoms with Gasteiger partial charge in [0.1, 0.15) is 6.09 Å². The molecule has 152 valence electrons. The summed E-state index contributed by atoms with van der Waals surface area (Å²) in [5.41, 5.74) is -2.52. The quantitative estimate of drug-likeness (QED) is 0.490. The smallest absolute Gasteiger partial charge is 0.415 e. The molecule has 3 rings (SSSR count). The molecular weight excluding hydrogens is 447 g/mol. The molecule has 0 aliphatic carbocycles. The number of halogens is 4. The molecular formula is C22H18BrF3NO2-. The van der Waals surface area contributed by atoms with Gasteiger partial charge in [-0.15, -0.1) is 0 Å². The second kappa shape index (κ2) is 7.71. The summed E-state index contributed by atoms with van der Waals surface area (Å²) in [5.74, 6) is 0. The minimum absolute atomic E-state index is 0.190. The summed E-state index contributed by atoms with van der Waals surface area (Å²) < 4.78 is 43.6. The van der Waals surface area contributed by atoms with E-state index in [0.29, 0.717) is 20.3 Å². The van der Waals surface area contributed by atoms with Gasteiger partial charge in [-0.05, 0) is 47.9 Å². The molecule has 3 nitrogen and oxygen atoms in total. The zero-order valence-corrected chi connectivity index (χ0v) is 17.3. The molecule has 0 heterocycles. The molecule has 0 aliphatic heterocycles. The third-order valence-corrected chi connectivity index (χ3v) is 5.83. The molecule has 7 heteroatoms. The van der Waals surface area contributed by atoms with Crippen molar-refractivity contribution >= 4 is 32.8 Å². The Morgan fingerprint density at radius 2 is 1.59 bits per heavy atom. The van der Waals surface area contributed by atoms with E-state index in [1.165, 1.54) is 31.2 Å². The van der Waals surface area contributed by atoms with Crippen LogP contribution in [-0.2, 0) is 5.54 Å². The summed E-state index contributed by atoms with van der Waals surface area (Å²) in [6.45, 7) is 2.31. The Balaban J connectivity index is 2.22. The second-order valence-corrected chi connectivity index (χ2v) is 7.87. The van der Waals surface area contributed by atoms with Crippen LogP contribution in [0.15, 0.2) is 71.2 Å². The van der Waals surface area contributed by atoms with Gasteiger partial charge in [-0.3, -0.25) is 0 Å². The lowest BCUT2D eigenvalue weighted by molar-refractivity contribution is -0.300. The highest BCUT2D eigenvalue weighted by atomic mass is 79.9. The van der Waals surface area contributed by atoms with E-state index in [9.17, 15) is 23.1 Å². The lowest BCUT2D eigenvalue weighted by Gasteiger charge is -2.47. The fourth-order valence-corrected chi connectivity index (χ4v) is 3.96. The van der Waals surface area contributed by atoms with Gasteiger partial charge in [0.2, 0.25) is 0 Å². The molecule has 0 saturated heterocycles. The van der Waals surface area contributed by atoms with E-state index < -0.39 is 23.9 Å². The minimum Gasteiger partial charge on any atom is -0.530 e. The Kier molecular flexibility index (Phi) is 5.63. The molecule has 0 N–H and O–H groups in total. The van der Waals surface area contributed by atoms with Crippen molar-refractivity contribution in [3.63, 3.8) is 0 Å². The number of carboxylic acid groups (broad SMARTS) is 1. The SMILES string of the molecule is C[C@@H](c1cccc2ccccc12)N(C(=O)[O-])[C@](C)(c1ccc(Br)cc1)C(F)(F)F. The highest BCUT2D eigenvalue weighted by Crippen LogP contribution is 2.47. The lowest BCUT2D eigenvalue weighted by atomic mass is 9.86. The van der Waals surface area contributed by atoms with Crippen LogP contribution in [0.25, 0.3) is 10.8 Å². The van der Waals surface area contributed by atoms with Crippen LogP contribution < -0.4 is 5.11 Å². The summed E-state index contributed by atoms with van der Waals surface area (Å²) in [4.78, 5) is 12.5. The van der Waals surface area contributed by atoms with Crippen LogP contribution in [0.4, 0.5) is 18.0 Å². The van der Waals surface area contributed by atoms with Crippen LogP contribution in [0.2, 0.25) is 0 Å². The van der Waals surface area contributed by atoms with Gasteiger partial charge in [-0.25, -0.2) is 0 Å². The van der Waals surface area contributed by atoms with Crippen LogP contribution in [0, 0.1) is 0 Å². The fraction of sp³-hybridized carbons (Fsp3) is 0.227. The van der Waals surface area contributed by atoms with Gasteiger partial charge in [-0.2, -0.15) is 13.2 Å². The average molecular weight is 465 g/mol. The van der Waals surface area contributed by atoms with E-state index in [1.807, 2.05) is 18.2 Å². The molecule has 3 aromatic carbocycles. The molecule has 29 heavy (non-hydrogen) atoms. The second-order valence-electron chi connectivity index (χ2n) is 6.96. The Morgan fingerprint density at radius 1 is 1.00 bits per heavy atom. The summed E-state index contributed by atoms with van der Waals surface area (Å²) >= 11 is 3.20. The van der Waals surface area contributed by atoms with Crippen molar-refractivity contribution in [3.8, 4) is 0 Å². The Bertz CT molecular complexity index is 1030. The summed E-state index contributed by atoms with van der Waals surface area (Å²) in [6, 6.07) is 16.7. The average Bonchev–Trinajstić information content (AvgIpc) is 2.66. The number of hydrogen-bond acceptors (Lipinski definition) is 2. The first-order chi connectivity index (χ1) is 13.6. The molecule has 2 atom stereocenters. The maximum atomic E-state index is 14.3. The van der Waals surface area contributed by atoms with Gasteiger partial charge in [0, 0.05) is 4.47 Å². The van der Waals surface area contributed by atoms with Gasteiger partial charge >= 0.3 is 6.18 Å². The first-order valence-electron chi connectivity index (χ1n) is 8.88. The molecule has 0 aromatic heterocycles. The number of fused-ring (bicyclic) bond motifs is 1. The molecule has 0 aliphatic rings. The number of alkyl halides is 3.